The zero-order chi connectivity index (χ0) is 19.3. The van der Waals surface area contributed by atoms with Gasteiger partial charge in [-0.15, -0.1) is 0 Å². The molecule has 1 saturated heterocycles. The molecule has 2 aromatic rings. The molecule has 0 radical (unpaired) electrons. The van der Waals surface area contributed by atoms with Crippen LogP contribution in [0.4, 0.5) is 5.82 Å². The number of hydrogen-bond donors (Lipinski definition) is 1. The Bertz CT molecular complexity index is 797. The summed E-state index contributed by atoms with van der Waals surface area (Å²) >= 11 is 5.37. The highest BCUT2D eigenvalue weighted by Crippen LogP contribution is 2.26. The fraction of sp³-hybridized carbons (Fsp3) is 0.700. The summed E-state index contributed by atoms with van der Waals surface area (Å²) in [6.07, 6.45) is 12.9. The molecule has 1 saturated carbocycles. The maximum Gasteiger partial charge on any atom is 0.259 e. The maximum absolute atomic E-state index is 5.77. The van der Waals surface area contributed by atoms with Gasteiger partial charge in [0.25, 0.3) is 5.17 Å². The molecule has 28 heavy (non-hydrogen) atoms. The number of nitrogens with zero attached hydrogens (tertiary/aromatic N) is 5. The van der Waals surface area contributed by atoms with E-state index in [0.717, 1.165) is 42.9 Å². The molecule has 7 nitrogen and oxygen atoms in total. The average Bonchev–Trinajstić information content (AvgIpc) is 3.46. The highest BCUT2D eigenvalue weighted by Gasteiger charge is 2.19. The van der Waals surface area contributed by atoms with Gasteiger partial charge in [0.2, 0.25) is 0 Å². The average molecular weight is 403 g/mol. The van der Waals surface area contributed by atoms with E-state index < -0.39 is 0 Å². The second-order valence-electron chi connectivity index (χ2n) is 7.97. The standard InChI is InChI=1S/C20H30N6OS/c1-15(7-6-12-27-20(28)25-10-4-5-11-25)26-14-23-17-18(21-13-22-19(17)26)24-16-8-2-3-9-16/h13-16H,2-12H2,1H3,(H,21,22,24). The number of nitrogens with one attached hydrogen (secondary N) is 1. The Kier molecular flexibility index (Phi) is 6.24. The molecule has 2 aromatic heterocycles. The quantitative estimate of drug-likeness (QED) is 0.556. The Morgan fingerprint density at radius 2 is 2.00 bits per heavy atom. The van der Waals surface area contributed by atoms with Crippen LogP contribution in [0.25, 0.3) is 11.2 Å². The van der Waals surface area contributed by atoms with E-state index in [1.807, 2.05) is 6.33 Å². The highest BCUT2D eigenvalue weighted by atomic mass is 32.1. The first-order chi connectivity index (χ1) is 13.7. The molecule has 4 rings (SSSR count). The maximum atomic E-state index is 5.77. The van der Waals surface area contributed by atoms with Gasteiger partial charge in [-0.25, -0.2) is 15.0 Å². The van der Waals surface area contributed by atoms with E-state index in [2.05, 4.69) is 36.7 Å². The van der Waals surface area contributed by atoms with Crippen molar-refractivity contribution in [1.29, 1.82) is 0 Å². The van der Waals surface area contributed by atoms with Crippen molar-refractivity contribution in [1.82, 2.24) is 24.4 Å². The number of rotatable bonds is 7. The molecule has 3 heterocycles. The lowest BCUT2D eigenvalue weighted by Gasteiger charge is -2.19. The lowest BCUT2D eigenvalue weighted by atomic mass is 10.2. The van der Waals surface area contributed by atoms with Crippen molar-refractivity contribution in [2.45, 2.75) is 70.4 Å². The smallest absolute Gasteiger partial charge is 0.259 e. The van der Waals surface area contributed by atoms with Gasteiger partial charge in [-0.1, -0.05) is 12.8 Å². The van der Waals surface area contributed by atoms with Crippen LogP contribution in [-0.2, 0) is 4.74 Å². The van der Waals surface area contributed by atoms with Crippen LogP contribution in [0.1, 0.15) is 64.3 Å². The molecule has 0 spiro atoms. The van der Waals surface area contributed by atoms with Crippen molar-refractivity contribution in [3.63, 3.8) is 0 Å². The summed E-state index contributed by atoms with van der Waals surface area (Å²) in [7, 11) is 0. The molecular formula is C20H30N6OS. The topological polar surface area (TPSA) is 68.1 Å². The third kappa shape index (κ3) is 4.37. The molecule has 8 heteroatoms. The minimum absolute atomic E-state index is 0.295. The van der Waals surface area contributed by atoms with Crippen LogP contribution in [0, 0.1) is 0 Å². The summed E-state index contributed by atoms with van der Waals surface area (Å²) in [5.41, 5.74) is 1.77. The zero-order valence-electron chi connectivity index (χ0n) is 16.6. The number of hydrogen-bond acceptors (Lipinski definition) is 6. The molecular weight excluding hydrogens is 372 g/mol. The number of thiocarbonyl (C=S) groups is 1. The van der Waals surface area contributed by atoms with Gasteiger partial charge in [0.15, 0.2) is 11.5 Å². The summed E-state index contributed by atoms with van der Waals surface area (Å²) < 4.78 is 7.92. The van der Waals surface area contributed by atoms with Crippen molar-refractivity contribution >= 4 is 34.4 Å². The second kappa shape index (κ2) is 9.03. The Morgan fingerprint density at radius 1 is 1.21 bits per heavy atom. The zero-order valence-corrected chi connectivity index (χ0v) is 17.5. The molecule has 1 N–H and O–H groups in total. The molecule has 0 amide bonds. The minimum Gasteiger partial charge on any atom is -0.471 e. The van der Waals surface area contributed by atoms with Gasteiger partial charge in [0, 0.05) is 25.2 Å². The number of ether oxygens (including phenoxy) is 1. The van der Waals surface area contributed by atoms with E-state index in [-0.39, 0.29) is 0 Å². The van der Waals surface area contributed by atoms with Crippen LogP contribution >= 0.6 is 12.2 Å². The van der Waals surface area contributed by atoms with E-state index in [0.29, 0.717) is 23.9 Å². The predicted octanol–water partition coefficient (Wildman–Crippen LogP) is 3.92. The van der Waals surface area contributed by atoms with Crippen molar-refractivity contribution in [2.24, 2.45) is 0 Å². The Labute approximate surface area is 171 Å². The van der Waals surface area contributed by atoms with Crippen LogP contribution < -0.4 is 5.32 Å². The third-order valence-corrected chi connectivity index (χ3v) is 6.26. The normalized spacial score (nSPS) is 18.7. The molecule has 2 aliphatic rings. The summed E-state index contributed by atoms with van der Waals surface area (Å²) in [5.74, 6) is 0.863. The van der Waals surface area contributed by atoms with E-state index in [9.17, 15) is 0 Å². The Balaban J connectivity index is 1.32. The van der Waals surface area contributed by atoms with E-state index in [1.165, 1.54) is 38.5 Å². The Morgan fingerprint density at radius 3 is 2.79 bits per heavy atom. The molecule has 1 atom stereocenters. The van der Waals surface area contributed by atoms with Gasteiger partial charge in [-0.05, 0) is 57.7 Å². The minimum atomic E-state index is 0.295. The lowest BCUT2D eigenvalue weighted by Crippen LogP contribution is -2.28. The molecule has 0 bridgehead atoms. The largest absolute Gasteiger partial charge is 0.471 e. The van der Waals surface area contributed by atoms with Gasteiger partial charge in [-0.3, -0.25) is 0 Å². The van der Waals surface area contributed by atoms with Crippen molar-refractivity contribution in [2.75, 3.05) is 25.0 Å². The summed E-state index contributed by atoms with van der Waals surface area (Å²) in [5, 5.41) is 4.22. The van der Waals surface area contributed by atoms with Crippen molar-refractivity contribution in [3.8, 4) is 0 Å². The van der Waals surface area contributed by atoms with Gasteiger partial charge in [0.1, 0.15) is 11.8 Å². The van der Waals surface area contributed by atoms with E-state index in [4.69, 9.17) is 17.0 Å². The van der Waals surface area contributed by atoms with Gasteiger partial charge in [-0.2, -0.15) is 0 Å². The van der Waals surface area contributed by atoms with Gasteiger partial charge >= 0.3 is 0 Å². The van der Waals surface area contributed by atoms with Gasteiger partial charge < -0.3 is 19.5 Å². The first-order valence-corrected chi connectivity index (χ1v) is 11.0. The molecule has 152 valence electrons. The van der Waals surface area contributed by atoms with E-state index in [1.54, 1.807) is 6.33 Å². The van der Waals surface area contributed by atoms with Gasteiger partial charge in [0.05, 0.1) is 12.9 Å². The van der Waals surface area contributed by atoms with E-state index >= 15 is 0 Å². The number of anilines is 1. The van der Waals surface area contributed by atoms with Crippen molar-refractivity contribution in [3.05, 3.63) is 12.7 Å². The number of imidazole rings is 1. The number of aromatic nitrogens is 4. The molecule has 1 unspecified atom stereocenters. The first-order valence-electron chi connectivity index (χ1n) is 10.6. The summed E-state index contributed by atoms with van der Waals surface area (Å²) in [4.78, 5) is 15.7. The molecule has 2 fully saturated rings. The fourth-order valence-corrected chi connectivity index (χ4v) is 4.48. The number of fused-ring (bicyclic) bond motifs is 1. The van der Waals surface area contributed by atoms with Crippen LogP contribution in [0.2, 0.25) is 0 Å². The summed E-state index contributed by atoms with van der Waals surface area (Å²) in [6, 6.07) is 0.806. The Hall–Kier alpha value is -1.96. The fourth-order valence-electron chi connectivity index (χ4n) is 4.21. The SMILES string of the molecule is CC(CCCOC(=S)N1CCCC1)n1cnc2c(NC3CCCC3)ncnc21. The predicted molar refractivity (Wildman–Crippen MR) is 115 cm³/mol. The molecule has 1 aliphatic heterocycles. The first kappa shape index (κ1) is 19.4. The second-order valence-corrected chi connectivity index (χ2v) is 8.32. The highest BCUT2D eigenvalue weighted by molar-refractivity contribution is 7.80. The molecule has 1 aliphatic carbocycles. The van der Waals surface area contributed by atoms with Crippen LogP contribution in [0.5, 0.6) is 0 Å². The van der Waals surface area contributed by atoms with Crippen LogP contribution in [-0.4, -0.2) is 55.3 Å². The third-order valence-electron chi connectivity index (χ3n) is 5.89. The van der Waals surface area contributed by atoms with Crippen molar-refractivity contribution < 1.29 is 4.74 Å². The lowest BCUT2D eigenvalue weighted by molar-refractivity contribution is 0.244. The summed E-state index contributed by atoms with van der Waals surface area (Å²) in [6.45, 7) is 4.93. The monoisotopic (exact) mass is 402 g/mol. The number of likely N-dealkylation sites (tertiary alicyclic amines) is 1. The molecule has 0 aromatic carbocycles. The van der Waals surface area contributed by atoms with Crippen LogP contribution in [0.3, 0.4) is 0 Å². The van der Waals surface area contributed by atoms with Crippen LogP contribution in [0.15, 0.2) is 12.7 Å².